The second-order valence-electron chi connectivity index (χ2n) is 5.91. The van der Waals surface area contributed by atoms with Crippen LogP contribution in [0, 0.1) is 3.57 Å². The van der Waals surface area contributed by atoms with Crippen molar-refractivity contribution in [3.05, 3.63) is 27.8 Å². The highest BCUT2D eigenvalue weighted by molar-refractivity contribution is 14.1. The second kappa shape index (κ2) is 6.20. The Morgan fingerprint density at radius 1 is 1.30 bits per heavy atom. The number of nitrogens with zero attached hydrogens (tertiary/aromatic N) is 1. The molecule has 5 heteroatoms. The molecule has 0 N–H and O–H groups in total. The van der Waals surface area contributed by atoms with Crippen molar-refractivity contribution in [3.63, 3.8) is 0 Å². The maximum Gasteiger partial charge on any atom is 0.410 e. The smallest absolute Gasteiger partial charge is 0.410 e. The van der Waals surface area contributed by atoms with Crippen molar-refractivity contribution >= 4 is 28.7 Å². The highest BCUT2D eigenvalue weighted by Crippen LogP contribution is 2.21. The van der Waals surface area contributed by atoms with E-state index in [4.69, 9.17) is 9.47 Å². The first-order chi connectivity index (χ1) is 9.33. The highest BCUT2D eigenvalue weighted by Gasteiger charge is 2.30. The van der Waals surface area contributed by atoms with Gasteiger partial charge in [0.1, 0.15) is 17.5 Å². The maximum absolute atomic E-state index is 12.0. The molecule has 1 aliphatic rings. The summed E-state index contributed by atoms with van der Waals surface area (Å²) in [6.07, 6.45) is 0.624. The van der Waals surface area contributed by atoms with E-state index in [1.54, 1.807) is 4.90 Å². The van der Waals surface area contributed by atoms with Gasteiger partial charge in [0.05, 0.1) is 6.54 Å². The fourth-order valence-electron chi connectivity index (χ4n) is 2.02. The number of carbonyl (C=O) groups is 1. The van der Waals surface area contributed by atoms with Crippen LogP contribution >= 0.6 is 22.6 Å². The molecule has 0 aromatic heterocycles. The van der Waals surface area contributed by atoms with Gasteiger partial charge >= 0.3 is 6.09 Å². The Labute approximate surface area is 133 Å². The van der Waals surface area contributed by atoms with Crippen LogP contribution in [0.5, 0.6) is 5.75 Å². The SMILES string of the molecule is CC(C)(C)OC(=O)N1CC[C@@H](Oc2ccc(I)cc2)C1. The molecule has 1 amide bonds. The number of benzene rings is 1. The minimum Gasteiger partial charge on any atom is -0.489 e. The molecule has 1 fully saturated rings. The number of amides is 1. The molecule has 0 unspecified atom stereocenters. The molecule has 110 valence electrons. The van der Waals surface area contributed by atoms with Gasteiger partial charge in [-0.3, -0.25) is 0 Å². The number of hydrogen-bond donors (Lipinski definition) is 0. The summed E-state index contributed by atoms with van der Waals surface area (Å²) in [4.78, 5) is 13.7. The van der Waals surface area contributed by atoms with Gasteiger partial charge < -0.3 is 14.4 Å². The number of likely N-dealkylation sites (tertiary alicyclic amines) is 1. The molecular formula is C15H20INO3. The van der Waals surface area contributed by atoms with Crippen LogP contribution in [-0.2, 0) is 4.74 Å². The summed E-state index contributed by atoms with van der Waals surface area (Å²) in [5.41, 5.74) is -0.452. The number of hydrogen-bond acceptors (Lipinski definition) is 3. The summed E-state index contributed by atoms with van der Waals surface area (Å²) >= 11 is 2.26. The Morgan fingerprint density at radius 3 is 2.55 bits per heavy atom. The van der Waals surface area contributed by atoms with Gasteiger partial charge in [-0.2, -0.15) is 0 Å². The normalized spacial score (nSPS) is 19.0. The number of halogens is 1. The fourth-order valence-corrected chi connectivity index (χ4v) is 2.38. The van der Waals surface area contributed by atoms with E-state index < -0.39 is 5.60 Å². The van der Waals surface area contributed by atoms with Gasteiger partial charge in [0, 0.05) is 16.5 Å². The van der Waals surface area contributed by atoms with Crippen molar-refractivity contribution in [1.82, 2.24) is 4.90 Å². The molecule has 1 heterocycles. The molecule has 1 aliphatic heterocycles. The third-order valence-corrected chi connectivity index (χ3v) is 3.63. The highest BCUT2D eigenvalue weighted by atomic mass is 127. The van der Waals surface area contributed by atoms with E-state index in [2.05, 4.69) is 22.6 Å². The van der Waals surface area contributed by atoms with E-state index in [0.29, 0.717) is 13.1 Å². The molecule has 0 aliphatic carbocycles. The molecule has 0 bridgehead atoms. The Hall–Kier alpha value is -0.980. The average Bonchev–Trinajstić information content (AvgIpc) is 2.79. The van der Waals surface area contributed by atoms with Crippen molar-refractivity contribution in [2.24, 2.45) is 0 Å². The summed E-state index contributed by atoms with van der Waals surface area (Å²) in [5, 5.41) is 0. The van der Waals surface area contributed by atoms with Gasteiger partial charge in [0.25, 0.3) is 0 Å². The van der Waals surface area contributed by atoms with Crippen LogP contribution in [0.3, 0.4) is 0 Å². The van der Waals surface area contributed by atoms with Crippen molar-refractivity contribution in [2.45, 2.75) is 38.9 Å². The van der Waals surface area contributed by atoms with Crippen molar-refractivity contribution in [3.8, 4) is 5.75 Å². The molecule has 0 saturated carbocycles. The van der Waals surface area contributed by atoms with E-state index in [9.17, 15) is 4.79 Å². The molecule has 1 aromatic carbocycles. The zero-order chi connectivity index (χ0) is 14.8. The zero-order valence-electron chi connectivity index (χ0n) is 12.1. The Balaban J connectivity index is 1.86. The van der Waals surface area contributed by atoms with Crippen LogP contribution in [0.4, 0.5) is 4.79 Å². The quantitative estimate of drug-likeness (QED) is 0.725. The lowest BCUT2D eigenvalue weighted by molar-refractivity contribution is 0.0275. The summed E-state index contributed by atoms with van der Waals surface area (Å²) in [7, 11) is 0. The predicted molar refractivity (Wildman–Crippen MR) is 86.0 cm³/mol. The van der Waals surface area contributed by atoms with Gasteiger partial charge in [-0.05, 0) is 67.6 Å². The lowest BCUT2D eigenvalue weighted by Crippen LogP contribution is -2.36. The lowest BCUT2D eigenvalue weighted by atomic mass is 10.2. The van der Waals surface area contributed by atoms with Crippen LogP contribution in [-0.4, -0.2) is 35.8 Å². The molecule has 0 spiro atoms. The molecule has 0 radical (unpaired) electrons. The number of carbonyl (C=O) groups excluding carboxylic acids is 1. The molecule has 1 saturated heterocycles. The predicted octanol–water partition coefficient (Wildman–Crippen LogP) is 3.68. The lowest BCUT2D eigenvalue weighted by Gasteiger charge is -2.24. The van der Waals surface area contributed by atoms with Gasteiger partial charge in [-0.25, -0.2) is 4.79 Å². The standard InChI is InChI=1S/C15H20INO3/c1-15(2,3)20-14(18)17-9-8-13(10-17)19-12-6-4-11(16)5-7-12/h4-7,13H,8-10H2,1-3H3/t13-/m1/s1. The molecule has 2 rings (SSSR count). The first-order valence-corrected chi connectivity index (χ1v) is 7.81. The van der Waals surface area contributed by atoms with Gasteiger partial charge in [0.2, 0.25) is 0 Å². The minimum atomic E-state index is -0.452. The minimum absolute atomic E-state index is 0.0441. The van der Waals surface area contributed by atoms with Crippen LogP contribution in [0.1, 0.15) is 27.2 Å². The summed E-state index contributed by atoms with van der Waals surface area (Å²) in [6, 6.07) is 7.93. The number of ether oxygens (including phenoxy) is 2. The summed E-state index contributed by atoms with van der Waals surface area (Å²) in [5.74, 6) is 0.849. The maximum atomic E-state index is 12.0. The molecular weight excluding hydrogens is 369 g/mol. The van der Waals surface area contributed by atoms with Gasteiger partial charge in [-0.1, -0.05) is 0 Å². The molecule has 20 heavy (non-hydrogen) atoms. The van der Waals surface area contributed by atoms with Gasteiger partial charge in [0.15, 0.2) is 0 Å². The van der Waals surface area contributed by atoms with Gasteiger partial charge in [-0.15, -0.1) is 0 Å². The topological polar surface area (TPSA) is 38.8 Å². The summed E-state index contributed by atoms with van der Waals surface area (Å²) < 4.78 is 12.4. The Bertz CT molecular complexity index is 467. The second-order valence-corrected chi connectivity index (χ2v) is 7.15. The van der Waals surface area contributed by atoms with Crippen LogP contribution in [0.2, 0.25) is 0 Å². The largest absolute Gasteiger partial charge is 0.489 e. The van der Waals surface area contributed by atoms with Crippen molar-refractivity contribution in [2.75, 3.05) is 13.1 Å². The summed E-state index contributed by atoms with van der Waals surface area (Å²) in [6.45, 7) is 6.90. The van der Waals surface area contributed by atoms with E-state index in [1.807, 2.05) is 45.0 Å². The van der Waals surface area contributed by atoms with Crippen molar-refractivity contribution in [1.29, 1.82) is 0 Å². The Morgan fingerprint density at radius 2 is 1.95 bits per heavy atom. The van der Waals surface area contributed by atoms with Crippen LogP contribution in [0.25, 0.3) is 0 Å². The zero-order valence-corrected chi connectivity index (χ0v) is 14.2. The first-order valence-electron chi connectivity index (χ1n) is 6.74. The fraction of sp³-hybridized carbons (Fsp3) is 0.533. The van der Waals surface area contributed by atoms with E-state index in [-0.39, 0.29) is 12.2 Å². The van der Waals surface area contributed by atoms with Crippen LogP contribution in [0.15, 0.2) is 24.3 Å². The van der Waals surface area contributed by atoms with Crippen molar-refractivity contribution < 1.29 is 14.3 Å². The van der Waals surface area contributed by atoms with Crippen LogP contribution < -0.4 is 4.74 Å². The van der Waals surface area contributed by atoms with E-state index >= 15 is 0 Å². The molecule has 4 nitrogen and oxygen atoms in total. The first kappa shape index (κ1) is 15.4. The molecule has 1 aromatic rings. The third kappa shape index (κ3) is 4.54. The monoisotopic (exact) mass is 389 g/mol. The van der Waals surface area contributed by atoms with E-state index in [1.165, 1.54) is 3.57 Å². The Kier molecular flexibility index (Phi) is 4.78. The molecule has 1 atom stereocenters. The average molecular weight is 389 g/mol. The van der Waals surface area contributed by atoms with E-state index in [0.717, 1.165) is 12.2 Å². The third-order valence-electron chi connectivity index (χ3n) is 2.91. The number of rotatable bonds is 2.